The van der Waals surface area contributed by atoms with Gasteiger partial charge in [-0.25, -0.2) is 18.7 Å². The molecule has 0 saturated carbocycles. The lowest BCUT2D eigenvalue weighted by atomic mass is 10.1. The molecule has 0 N–H and O–H groups in total. The van der Waals surface area contributed by atoms with Crippen molar-refractivity contribution in [2.24, 2.45) is 0 Å². The molecule has 2 heterocycles. The lowest BCUT2D eigenvalue weighted by molar-refractivity contribution is 0.386. The number of nitrogens with zero attached hydrogens (tertiary/aromatic N) is 6. The van der Waals surface area contributed by atoms with Crippen molar-refractivity contribution in [2.75, 3.05) is 7.11 Å². The average Bonchev–Trinajstić information content (AvgIpc) is 3.35. The molecule has 0 saturated heterocycles. The van der Waals surface area contributed by atoms with E-state index in [2.05, 4.69) is 23.0 Å². The molecule has 0 aliphatic heterocycles. The molecule has 0 aliphatic carbocycles. The largest absolute Gasteiger partial charge is 0.494 e. The van der Waals surface area contributed by atoms with Gasteiger partial charge >= 0.3 is 0 Å². The molecule has 0 unspecified atom stereocenters. The molecule has 4 aromatic rings. The molecule has 0 spiro atoms. The van der Waals surface area contributed by atoms with E-state index in [-0.39, 0.29) is 5.75 Å². The number of ether oxygens (including phenoxy) is 1. The van der Waals surface area contributed by atoms with Crippen molar-refractivity contribution in [2.45, 2.75) is 26.8 Å². The molecule has 4 rings (SSSR count). The van der Waals surface area contributed by atoms with E-state index in [4.69, 9.17) is 14.8 Å². The SMILES string of the molecule is C=CCn1cc(-c2nc(Cc3ccc(OC)c(F)c3)nn2-c2ccc(C)cc2C)nn1. The van der Waals surface area contributed by atoms with Gasteiger partial charge in [-0.15, -0.1) is 11.7 Å². The van der Waals surface area contributed by atoms with Gasteiger partial charge in [-0.05, 0) is 43.2 Å². The molecule has 2 aromatic heterocycles. The minimum Gasteiger partial charge on any atom is -0.494 e. The summed E-state index contributed by atoms with van der Waals surface area (Å²) in [6, 6.07) is 11.0. The third-order valence-electron chi connectivity index (χ3n) is 4.89. The molecule has 0 aliphatic rings. The van der Waals surface area contributed by atoms with Crippen LogP contribution in [0.1, 0.15) is 22.5 Å². The molecule has 0 atom stereocenters. The van der Waals surface area contributed by atoms with Gasteiger partial charge in [-0.3, -0.25) is 0 Å². The van der Waals surface area contributed by atoms with Crippen molar-refractivity contribution in [3.63, 3.8) is 0 Å². The minimum atomic E-state index is -0.415. The van der Waals surface area contributed by atoms with Crippen LogP contribution in [0.4, 0.5) is 4.39 Å². The number of allylic oxidation sites excluding steroid dienone is 1. The molecule has 0 amide bonds. The van der Waals surface area contributed by atoms with Gasteiger partial charge in [0.2, 0.25) is 0 Å². The second kappa shape index (κ2) is 8.51. The Bertz CT molecular complexity index is 1240. The molecule has 0 radical (unpaired) electrons. The van der Waals surface area contributed by atoms with Crippen LogP contribution in [-0.4, -0.2) is 36.9 Å². The van der Waals surface area contributed by atoms with Crippen molar-refractivity contribution in [1.82, 2.24) is 29.8 Å². The lowest BCUT2D eigenvalue weighted by Crippen LogP contribution is -2.03. The Kier molecular flexibility index (Phi) is 5.62. The Labute approximate surface area is 179 Å². The maximum Gasteiger partial charge on any atom is 0.185 e. The van der Waals surface area contributed by atoms with E-state index in [0.29, 0.717) is 30.3 Å². The summed E-state index contributed by atoms with van der Waals surface area (Å²) in [5.74, 6) is 0.919. The van der Waals surface area contributed by atoms with E-state index in [1.165, 1.54) is 13.2 Å². The third-order valence-corrected chi connectivity index (χ3v) is 4.89. The van der Waals surface area contributed by atoms with Crippen molar-refractivity contribution < 1.29 is 9.13 Å². The van der Waals surface area contributed by atoms with Crippen LogP contribution in [0.25, 0.3) is 17.2 Å². The monoisotopic (exact) mass is 418 g/mol. The summed E-state index contributed by atoms with van der Waals surface area (Å²) in [6.07, 6.45) is 3.92. The summed E-state index contributed by atoms with van der Waals surface area (Å²) in [7, 11) is 1.44. The van der Waals surface area contributed by atoms with Gasteiger partial charge in [0, 0.05) is 6.42 Å². The number of hydrogen-bond acceptors (Lipinski definition) is 5. The van der Waals surface area contributed by atoms with Gasteiger partial charge in [-0.2, -0.15) is 5.10 Å². The van der Waals surface area contributed by atoms with Crippen molar-refractivity contribution in [3.8, 4) is 23.0 Å². The Morgan fingerprint density at radius 3 is 2.71 bits per heavy atom. The smallest absolute Gasteiger partial charge is 0.185 e. The van der Waals surface area contributed by atoms with Gasteiger partial charge in [0.1, 0.15) is 5.69 Å². The second-order valence-corrected chi connectivity index (χ2v) is 7.31. The summed E-state index contributed by atoms with van der Waals surface area (Å²) >= 11 is 0. The highest BCUT2D eigenvalue weighted by atomic mass is 19.1. The first-order chi connectivity index (χ1) is 15.0. The zero-order valence-electron chi connectivity index (χ0n) is 17.7. The standard InChI is InChI=1S/C23H23FN6O/c1-5-10-29-14-19(26-28-29)23-25-22(13-17-7-9-21(31-4)18(24)12-17)27-30(23)20-8-6-15(2)11-16(20)3/h5-9,11-12,14H,1,10,13H2,2-4H3. The number of aryl methyl sites for hydroxylation is 2. The van der Waals surface area contributed by atoms with Crippen LogP contribution in [0.2, 0.25) is 0 Å². The van der Waals surface area contributed by atoms with Crippen LogP contribution in [0.15, 0.2) is 55.3 Å². The predicted octanol–water partition coefficient (Wildman–Crippen LogP) is 4.07. The first kappa shape index (κ1) is 20.5. The molecule has 0 bridgehead atoms. The number of methoxy groups -OCH3 is 1. The Balaban J connectivity index is 1.77. The van der Waals surface area contributed by atoms with Crippen LogP contribution in [-0.2, 0) is 13.0 Å². The highest BCUT2D eigenvalue weighted by Gasteiger charge is 2.18. The average molecular weight is 418 g/mol. The Morgan fingerprint density at radius 1 is 1.16 bits per heavy atom. The zero-order valence-corrected chi connectivity index (χ0v) is 17.7. The van der Waals surface area contributed by atoms with Crippen LogP contribution in [0.5, 0.6) is 5.75 Å². The molecular weight excluding hydrogens is 395 g/mol. The highest BCUT2D eigenvalue weighted by Crippen LogP contribution is 2.24. The van der Waals surface area contributed by atoms with E-state index in [0.717, 1.165) is 22.4 Å². The third kappa shape index (κ3) is 4.23. The maximum atomic E-state index is 14.1. The summed E-state index contributed by atoms with van der Waals surface area (Å²) in [6.45, 7) is 8.35. The van der Waals surface area contributed by atoms with Gasteiger partial charge in [0.15, 0.2) is 23.2 Å². The van der Waals surface area contributed by atoms with Crippen LogP contribution < -0.4 is 4.74 Å². The first-order valence-electron chi connectivity index (χ1n) is 9.86. The summed E-state index contributed by atoms with van der Waals surface area (Å²) < 4.78 is 22.6. The zero-order chi connectivity index (χ0) is 22.0. The molecule has 2 aromatic carbocycles. The van der Waals surface area contributed by atoms with Crippen LogP contribution in [0, 0.1) is 19.7 Å². The molecule has 7 nitrogen and oxygen atoms in total. The minimum absolute atomic E-state index is 0.206. The van der Waals surface area contributed by atoms with Crippen LogP contribution >= 0.6 is 0 Å². The maximum absolute atomic E-state index is 14.1. The normalized spacial score (nSPS) is 11.0. The van der Waals surface area contributed by atoms with Gasteiger partial charge in [-0.1, -0.05) is 35.1 Å². The fourth-order valence-electron chi connectivity index (χ4n) is 3.43. The lowest BCUT2D eigenvalue weighted by Gasteiger charge is -2.08. The van der Waals surface area contributed by atoms with E-state index >= 15 is 0 Å². The molecular formula is C23H23FN6O. The second-order valence-electron chi connectivity index (χ2n) is 7.31. The Morgan fingerprint density at radius 2 is 2.00 bits per heavy atom. The molecule has 0 fully saturated rings. The number of halogens is 1. The van der Waals surface area contributed by atoms with E-state index < -0.39 is 5.82 Å². The fourth-order valence-corrected chi connectivity index (χ4v) is 3.43. The first-order valence-corrected chi connectivity index (χ1v) is 9.86. The number of benzene rings is 2. The number of rotatable bonds is 7. The van der Waals surface area contributed by atoms with Crippen LogP contribution in [0.3, 0.4) is 0 Å². The van der Waals surface area contributed by atoms with Crippen molar-refractivity contribution in [1.29, 1.82) is 0 Å². The highest BCUT2D eigenvalue weighted by molar-refractivity contribution is 5.54. The molecule has 8 heteroatoms. The van der Waals surface area contributed by atoms with E-state index in [9.17, 15) is 4.39 Å². The number of aromatic nitrogens is 6. The van der Waals surface area contributed by atoms with Crippen molar-refractivity contribution in [3.05, 3.63) is 83.6 Å². The van der Waals surface area contributed by atoms with Gasteiger partial charge < -0.3 is 4.74 Å². The van der Waals surface area contributed by atoms with Gasteiger partial charge in [0.25, 0.3) is 0 Å². The predicted molar refractivity (Wildman–Crippen MR) is 116 cm³/mol. The van der Waals surface area contributed by atoms with E-state index in [1.54, 1.807) is 27.6 Å². The summed E-state index contributed by atoms with van der Waals surface area (Å²) in [4.78, 5) is 4.72. The number of hydrogen-bond donors (Lipinski definition) is 0. The quantitative estimate of drug-likeness (QED) is 0.423. The summed E-state index contributed by atoms with van der Waals surface area (Å²) in [5, 5.41) is 13.1. The Hall–Kier alpha value is -3.81. The van der Waals surface area contributed by atoms with Crippen molar-refractivity contribution >= 4 is 0 Å². The fraction of sp³-hybridized carbons (Fsp3) is 0.217. The molecule has 158 valence electrons. The molecule has 31 heavy (non-hydrogen) atoms. The van der Waals surface area contributed by atoms with Gasteiger partial charge in [0.05, 0.1) is 25.5 Å². The summed E-state index contributed by atoms with van der Waals surface area (Å²) in [5.41, 5.74) is 4.47. The van der Waals surface area contributed by atoms with E-state index in [1.807, 2.05) is 32.2 Å². The topological polar surface area (TPSA) is 70.7 Å².